The molecule has 1 aromatic carbocycles. The van der Waals surface area contributed by atoms with Crippen LogP contribution in [0.5, 0.6) is 0 Å². The maximum absolute atomic E-state index is 12.8. The van der Waals surface area contributed by atoms with Crippen molar-refractivity contribution in [3.8, 4) is 12.1 Å². The van der Waals surface area contributed by atoms with Gasteiger partial charge in [-0.25, -0.2) is 0 Å². The van der Waals surface area contributed by atoms with Crippen LogP contribution in [0, 0.1) is 39.4 Å². The highest BCUT2D eigenvalue weighted by Crippen LogP contribution is 2.75. The van der Waals surface area contributed by atoms with E-state index in [9.17, 15) is 15.3 Å². The molecule has 2 fully saturated rings. The molecule has 0 unspecified atom stereocenters. The summed E-state index contributed by atoms with van der Waals surface area (Å²) in [6.07, 6.45) is 4.79. The van der Waals surface area contributed by atoms with Crippen LogP contribution < -0.4 is 0 Å². The third-order valence-electron chi connectivity index (χ3n) is 5.18. The molecule has 0 heterocycles. The van der Waals surface area contributed by atoms with E-state index in [4.69, 9.17) is 0 Å². The molecule has 2 aliphatic rings. The molecule has 0 aromatic heterocycles. The van der Waals surface area contributed by atoms with Gasteiger partial charge in [-0.1, -0.05) is 47.3 Å². The van der Waals surface area contributed by atoms with Gasteiger partial charge in [-0.15, -0.1) is 0 Å². The molecular formula is C17H15BrN2O. The van der Waals surface area contributed by atoms with Crippen molar-refractivity contribution in [2.75, 3.05) is 0 Å². The van der Waals surface area contributed by atoms with E-state index in [1.165, 1.54) is 0 Å². The lowest BCUT2D eigenvalue weighted by Crippen LogP contribution is -2.16. The van der Waals surface area contributed by atoms with Crippen molar-refractivity contribution in [3.63, 3.8) is 0 Å². The predicted molar refractivity (Wildman–Crippen MR) is 81.1 cm³/mol. The Balaban J connectivity index is 1.97. The number of halogens is 1. The molecule has 0 radical (unpaired) electrons. The van der Waals surface area contributed by atoms with Crippen molar-refractivity contribution in [1.29, 1.82) is 10.5 Å². The van der Waals surface area contributed by atoms with E-state index in [1.807, 2.05) is 12.1 Å². The number of nitriles is 2. The number of Topliss-reactive ketones (excluding diaryl/α,β-unsaturated/α-hetero) is 1. The van der Waals surface area contributed by atoms with Crippen molar-refractivity contribution < 1.29 is 4.79 Å². The highest BCUT2D eigenvalue weighted by Gasteiger charge is 2.80. The maximum atomic E-state index is 12.8. The van der Waals surface area contributed by atoms with Crippen LogP contribution in [0.2, 0.25) is 0 Å². The van der Waals surface area contributed by atoms with Crippen molar-refractivity contribution in [1.82, 2.24) is 0 Å². The largest absolute Gasteiger partial charge is 0.294 e. The average Bonchev–Trinajstić information content (AvgIpc) is 3.08. The van der Waals surface area contributed by atoms with Gasteiger partial charge in [-0.2, -0.15) is 10.5 Å². The molecule has 3 rings (SSSR count). The Kier molecular flexibility index (Phi) is 3.38. The lowest BCUT2D eigenvalue weighted by Gasteiger charge is -2.22. The van der Waals surface area contributed by atoms with Crippen LogP contribution in [0.15, 0.2) is 28.7 Å². The van der Waals surface area contributed by atoms with Crippen LogP contribution in [-0.2, 0) is 0 Å². The Labute approximate surface area is 132 Å². The summed E-state index contributed by atoms with van der Waals surface area (Å²) < 4.78 is 0.911. The Bertz CT molecular complexity index is 646. The summed E-state index contributed by atoms with van der Waals surface area (Å²) in [5, 5.41) is 19.1. The van der Waals surface area contributed by atoms with E-state index in [0.29, 0.717) is 5.56 Å². The van der Waals surface area contributed by atoms with Crippen LogP contribution in [-0.4, -0.2) is 5.78 Å². The summed E-state index contributed by atoms with van der Waals surface area (Å²) >= 11 is 3.35. The fourth-order valence-electron chi connectivity index (χ4n) is 4.07. The van der Waals surface area contributed by atoms with Crippen LogP contribution in [0.4, 0.5) is 0 Å². The first kappa shape index (κ1) is 14.3. The minimum atomic E-state index is -1.11. The molecule has 1 spiro atoms. The highest BCUT2D eigenvalue weighted by atomic mass is 79.9. The predicted octanol–water partition coefficient (Wildman–Crippen LogP) is 4.25. The highest BCUT2D eigenvalue weighted by molar-refractivity contribution is 9.10. The fraction of sp³-hybridized carbons (Fsp3) is 0.471. The van der Waals surface area contributed by atoms with Gasteiger partial charge < -0.3 is 0 Å². The zero-order valence-corrected chi connectivity index (χ0v) is 13.2. The van der Waals surface area contributed by atoms with Gasteiger partial charge in [0.1, 0.15) is 0 Å². The number of nitrogens with zero attached hydrogens (tertiary/aromatic N) is 2. The smallest absolute Gasteiger partial charge is 0.169 e. The van der Waals surface area contributed by atoms with Gasteiger partial charge in [0, 0.05) is 15.5 Å². The standard InChI is InChI=1S/C17H15BrN2O/c18-13-6-4-12(5-7-13)14(21)15-16(8-2-1-3-9-16)17(15,10-19)11-20/h4-7,15H,1-3,8-9H2/t15-/m0/s1. The first-order chi connectivity index (χ1) is 10.1. The second-order valence-electron chi connectivity index (χ2n) is 6.05. The number of rotatable bonds is 2. The molecule has 1 aromatic rings. The van der Waals surface area contributed by atoms with Crippen molar-refractivity contribution >= 4 is 21.7 Å². The lowest BCUT2D eigenvalue weighted by molar-refractivity contribution is 0.0937. The van der Waals surface area contributed by atoms with Gasteiger partial charge in [-0.05, 0) is 25.0 Å². The summed E-state index contributed by atoms with van der Waals surface area (Å²) in [5.74, 6) is -0.506. The minimum Gasteiger partial charge on any atom is -0.294 e. The zero-order chi connectivity index (χ0) is 15.1. The van der Waals surface area contributed by atoms with E-state index >= 15 is 0 Å². The molecular weight excluding hydrogens is 328 g/mol. The van der Waals surface area contributed by atoms with Gasteiger partial charge in [-0.3, -0.25) is 4.79 Å². The van der Waals surface area contributed by atoms with Crippen LogP contribution >= 0.6 is 15.9 Å². The molecule has 3 nitrogen and oxygen atoms in total. The summed E-state index contributed by atoms with van der Waals surface area (Å²) in [4.78, 5) is 12.8. The zero-order valence-electron chi connectivity index (χ0n) is 11.6. The normalized spacial score (nSPS) is 24.8. The Morgan fingerprint density at radius 1 is 1.10 bits per heavy atom. The van der Waals surface area contributed by atoms with Gasteiger partial charge in [0.25, 0.3) is 0 Å². The van der Waals surface area contributed by atoms with Crippen molar-refractivity contribution in [3.05, 3.63) is 34.3 Å². The Morgan fingerprint density at radius 2 is 1.67 bits per heavy atom. The first-order valence-electron chi connectivity index (χ1n) is 7.23. The number of benzene rings is 1. The van der Waals surface area contributed by atoms with Gasteiger partial charge >= 0.3 is 0 Å². The van der Waals surface area contributed by atoms with E-state index in [1.54, 1.807) is 12.1 Å². The molecule has 4 heteroatoms. The molecule has 2 aliphatic carbocycles. The van der Waals surface area contributed by atoms with Gasteiger partial charge in [0.05, 0.1) is 18.1 Å². The van der Waals surface area contributed by atoms with Gasteiger partial charge in [0.2, 0.25) is 0 Å². The SMILES string of the molecule is N#CC1(C#N)[C@@H](C(=O)c2ccc(Br)cc2)C12CCCCC2. The topological polar surface area (TPSA) is 64.7 Å². The molecule has 21 heavy (non-hydrogen) atoms. The second kappa shape index (κ2) is 4.97. The van der Waals surface area contributed by atoms with Crippen LogP contribution in [0.1, 0.15) is 42.5 Å². The molecule has 0 bridgehead atoms. The van der Waals surface area contributed by atoms with E-state index in [-0.39, 0.29) is 5.78 Å². The second-order valence-corrected chi connectivity index (χ2v) is 6.97. The van der Waals surface area contributed by atoms with E-state index < -0.39 is 16.7 Å². The third kappa shape index (κ3) is 1.86. The monoisotopic (exact) mass is 342 g/mol. The lowest BCUT2D eigenvalue weighted by atomic mass is 9.80. The van der Waals surface area contributed by atoms with Crippen molar-refractivity contribution in [2.45, 2.75) is 32.1 Å². The number of carbonyl (C=O) groups is 1. The first-order valence-corrected chi connectivity index (χ1v) is 8.03. The summed E-state index contributed by atoms with van der Waals surface area (Å²) in [7, 11) is 0. The number of ketones is 1. The Morgan fingerprint density at radius 3 is 2.19 bits per heavy atom. The minimum absolute atomic E-state index is 0.0486. The quantitative estimate of drug-likeness (QED) is 0.754. The number of hydrogen-bond acceptors (Lipinski definition) is 3. The maximum Gasteiger partial charge on any atom is 0.169 e. The molecule has 0 aliphatic heterocycles. The summed E-state index contributed by atoms with van der Waals surface area (Å²) in [5.41, 5.74) is -0.920. The summed E-state index contributed by atoms with van der Waals surface area (Å²) in [6.45, 7) is 0. The summed E-state index contributed by atoms with van der Waals surface area (Å²) in [6, 6.07) is 11.5. The number of hydrogen-bond donors (Lipinski definition) is 0. The molecule has 0 saturated heterocycles. The Hall–Kier alpha value is -1.65. The molecule has 0 amide bonds. The molecule has 1 atom stereocenters. The van der Waals surface area contributed by atoms with Crippen LogP contribution in [0.25, 0.3) is 0 Å². The van der Waals surface area contributed by atoms with Crippen molar-refractivity contribution in [2.24, 2.45) is 16.7 Å². The van der Waals surface area contributed by atoms with E-state index in [2.05, 4.69) is 28.1 Å². The van der Waals surface area contributed by atoms with E-state index in [0.717, 1.165) is 36.6 Å². The third-order valence-corrected chi connectivity index (χ3v) is 5.71. The number of carbonyl (C=O) groups excluding carboxylic acids is 1. The average molecular weight is 343 g/mol. The molecule has 0 N–H and O–H groups in total. The fourth-order valence-corrected chi connectivity index (χ4v) is 4.33. The van der Waals surface area contributed by atoms with Crippen LogP contribution in [0.3, 0.4) is 0 Å². The van der Waals surface area contributed by atoms with Gasteiger partial charge in [0.15, 0.2) is 11.2 Å². The molecule has 2 saturated carbocycles. The molecule has 106 valence electrons.